The molecule has 11 heavy (non-hydrogen) atoms. The summed E-state index contributed by atoms with van der Waals surface area (Å²) in [5.41, 5.74) is 2.50. The van der Waals surface area contributed by atoms with E-state index in [1.807, 2.05) is 0 Å². The van der Waals surface area contributed by atoms with Crippen LogP contribution in [0.2, 0.25) is 0 Å². The Hall–Kier alpha value is -1.43. The van der Waals surface area contributed by atoms with Crippen molar-refractivity contribution < 1.29 is 14.8 Å². The molecule has 6 heteroatoms. The van der Waals surface area contributed by atoms with E-state index >= 15 is 0 Å². The summed E-state index contributed by atoms with van der Waals surface area (Å²) in [7, 11) is 0. The Morgan fingerprint density at radius 3 is 1.91 bits per heavy atom. The Morgan fingerprint density at radius 2 is 1.82 bits per heavy atom. The van der Waals surface area contributed by atoms with Crippen molar-refractivity contribution in [2.24, 2.45) is 5.10 Å². The van der Waals surface area contributed by atoms with Crippen LogP contribution >= 0.6 is 0 Å². The Morgan fingerprint density at radius 1 is 1.45 bits per heavy atom. The van der Waals surface area contributed by atoms with Gasteiger partial charge in [-0.25, -0.2) is 0 Å². The summed E-state index contributed by atoms with van der Waals surface area (Å²) in [5.74, 6) is -1.01. The lowest BCUT2D eigenvalue weighted by Crippen LogP contribution is -2.24. The maximum absolute atomic E-state index is 10.2. The number of nitrogens with zero attached hydrogens (tertiary/aromatic N) is 2. The molecule has 0 aromatic carbocycles. The van der Waals surface area contributed by atoms with Crippen LogP contribution in [0.25, 0.3) is 0 Å². The van der Waals surface area contributed by atoms with E-state index in [4.69, 9.17) is 5.21 Å². The van der Waals surface area contributed by atoms with Gasteiger partial charge < -0.3 is 0 Å². The lowest BCUT2D eigenvalue weighted by atomic mass is 10.4. The van der Waals surface area contributed by atoms with E-state index in [1.54, 1.807) is 6.34 Å². The first-order valence-electron chi connectivity index (χ1n) is 3.03. The van der Waals surface area contributed by atoms with Gasteiger partial charge in [-0.15, -0.1) is 0 Å². The summed E-state index contributed by atoms with van der Waals surface area (Å²) in [4.78, 5) is 20.5. The van der Waals surface area contributed by atoms with Gasteiger partial charge in [0.1, 0.15) is 6.34 Å². The van der Waals surface area contributed by atoms with Gasteiger partial charge in [0.25, 0.3) is 11.8 Å². The normalized spacial score (nSPS) is 19.2. The van der Waals surface area contributed by atoms with Crippen LogP contribution in [-0.2, 0) is 9.59 Å². The minimum absolute atomic E-state index is 0.148. The lowest BCUT2D eigenvalue weighted by Gasteiger charge is -1.98. The molecule has 0 aromatic rings. The molecule has 0 aliphatic carbocycles. The molecule has 0 bridgehead atoms. The van der Waals surface area contributed by atoms with E-state index in [0.29, 0.717) is 0 Å². The second-order valence-corrected chi connectivity index (χ2v) is 1.99. The molecule has 0 radical (unpaired) electrons. The van der Waals surface area contributed by atoms with E-state index in [2.05, 4.69) is 10.5 Å². The molecule has 1 saturated heterocycles. The summed E-state index contributed by atoms with van der Waals surface area (Å²) in [6.45, 7) is 0. The van der Waals surface area contributed by atoms with Gasteiger partial charge in [-0.2, -0.15) is 10.2 Å². The van der Waals surface area contributed by atoms with Crippen molar-refractivity contribution >= 4 is 18.2 Å². The third-order valence-corrected chi connectivity index (χ3v) is 1.15. The summed E-state index contributed by atoms with van der Waals surface area (Å²) >= 11 is 0. The van der Waals surface area contributed by atoms with E-state index in [9.17, 15) is 9.59 Å². The Bertz CT molecular complexity index is 193. The number of hydrazone groups is 1. The quantitative estimate of drug-likeness (QED) is 0.350. The zero-order valence-corrected chi connectivity index (χ0v) is 5.65. The van der Waals surface area contributed by atoms with Crippen molar-refractivity contribution in [3.8, 4) is 0 Å². The van der Waals surface area contributed by atoms with Gasteiger partial charge in [0, 0.05) is 12.8 Å². The van der Waals surface area contributed by atoms with Crippen LogP contribution in [0.15, 0.2) is 5.10 Å². The zero-order chi connectivity index (χ0) is 8.27. The molecular weight excluding hydrogens is 150 g/mol. The summed E-state index contributed by atoms with van der Waals surface area (Å²) in [6, 6.07) is 0. The molecule has 2 aliphatic heterocycles. The number of carbonyl (C=O) groups excluding carboxylic acids is 2. The molecule has 0 aromatic heterocycles. The second kappa shape index (κ2) is 3.11. The van der Waals surface area contributed by atoms with Crippen LogP contribution in [0, 0.1) is 0 Å². The first kappa shape index (κ1) is 7.67. The van der Waals surface area contributed by atoms with Crippen molar-refractivity contribution in [3.05, 3.63) is 0 Å². The first-order valence-corrected chi connectivity index (χ1v) is 3.03. The van der Waals surface area contributed by atoms with Crippen LogP contribution in [0.1, 0.15) is 12.8 Å². The van der Waals surface area contributed by atoms with Crippen molar-refractivity contribution in [2.75, 3.05) is 0 Å². The highest BCUT2D eigenvalue weighted by Crippen LogP contribution is 2.06. The zero-order valence-electron chi connectivity index (χ0n) is 5.65. The molecule has 60 valence electrons. The molecule has 2 amide bonds. The fourth-order valence-electron chi connectivity index (χ4n) is 0.565. The molecule has 2 rings (SSSR count). The molecule has 0 saturated carbocycles. The molecule has 0 unspecified atom stereocenters. The fourth-order valence-corrected chi connectivity index (χ4v) is 0.565. The fraction of sp³-hybridized carbons (Fsp3) is 0.400. The maximum Gasteiger partial charge on any atom is 0.253 e. The molecule has 2 N–H and O–H groups in total. The largest absolute Gasteiger partial charge is 0.279 e. The van der Waals surface area contributed by atoms with Gasteiger partial charge in [-0.05, 0) is 0 Å². The number of hydrogen-bond donors (Lipinski definition) is 2. The average molecular weight is 157 g/mol. The molecule has 6 nitrogen and oxygen atoms in total. The van der Waals surface area contributed by atoms with Crippen molar-refractivity contribution in [1.29, 1.82) is 0 Å². The number of amides is 2. The molecular formula is C5H7N3O3. The third kappa shape index (κ3) is 2.34. The van der Waals surface area contributed by atoms with Gasteiger partial charge in [0.15, 0.2) is 0 Å². The van der Waals surface area contributed by atoms with Crippen LogP contribution in [0.5, 0.6) is 0 Å². The third-order valence-electron chi connectivity index (χ3n) is 1.15. The molecule has 2 aliphatic rings. The smallest absolute Gasteiger partial charge is 0.253 e. The predicted molar refractivity (Wildman–Crippen MR) is 34.5 cm³/mol. The van der Waals surface area contributed by atoms with Crippen molar-refractivity contribution in [1.82, 2.24) is 10.5 Å². The Balaban J connectivity index is 0.000000167. The number of hydrogen-bond acceptors (Lipinski definition) is 5. The minimum Gasteiger partial charge on any atom is -0.279 e. The summed E-state index contributed by atoms with van der Waals surface area (Å²) < 4.78 is 0. The van der Waals surface area contributed by atoms with Crippen LogP contribution < -0.4 is 5.43 Å². The van der Waals surface area contributed by atoms with Gasteiger partial charge in [-0.3, -0.25) is 20.2 Å². The van der Waals surface area contributed by atoms with Gasteiger partial charge in [0.2, 0.25) is 0 Å². The number of rotatable bonds is 0. The van der Waals surface area contributed by atoms with Crippen molar-refractivity contribution in [3.63, 3.8) is 0 Å². The topological polar surface area (TPSA) is 91.9 Å². The SMILES string of the molecule is C1=NN1.O=C1CCC(=O)N1O. The van der Waals surface area contributed by atoms with Crippen LogP contribution in [0.4, 0.5) is 0 Å². The van der Waals surface area contributed by atoms with Gasteiger partial charge in [0.05, 0.1) is 0 Å². The van der Waals surface area contributed by atoms with E-state index in [-0.39, 0.29) is 17.9 Å². The van der Waals surface area contributed by atoms with E-state index in [1.165, 1.54) is 0 Å². The number of imide groups is 1. The van der Waals surface area contributed by atoms with E-state index < -0.39 is 11.8 Å². The molecule has 0 spiro atoms. The van der Waals surface area contributed by atoms with Crippen LogP contribution in [0.3, 0.4) is 0 Å². The second-order valence-electron chi connectivity index (χ2n) is 1.99. The van der Waals surface area contributed by atoms with Gasteiger partial charge in [-0.1, -0.05) is 0 Å². The summed E-state index contributed by atoms with van der Waals surface area (Å²) in [5, 5.41) is 11.9. The molecule has 0 atom stereocenters. The predicted octanol–water partition coefficient (Wildman–Crippen LogP) is -0.943. The van der Waals surface area contributed by atoms with Crippen LogP contribution in [-0.4, -0.2) is 28.4 Å². The average Bonchev–Trinajstić information content (AvgIpc) is 2.80. The number of nitrogens with one attached hydrogen (secondary N) is 1. The van der Waals surface area contributed by atoms with E-state index in [0.717, 1.165) is 0 Å². The summed E-state index contributed by atoms with van der Waals surface area (Å²) in [6.07, 6.45) is 1.92. The standard InChI is InChI=1S/C4H5NO3.CH2N2/c6-3-1-2-4(7)5(3)8;1-2-3-1/h8H,1-2H2;1H,(H,2,3). The Kier molecular flexibility index (Phi) is 2.17. The lowest BCUT2D eigenvalue weighted by molar-refractivity contribution is -0.171. The highest BCUT2D eigenvalue weighted by molar-refractivity contribution is 6.00. The Labute approximate surface area is 62.4 Å². The highest BCUT2D eigenvalue weighted by Gasteiger charge is 2.26. The first-order chi connectivity index (χ1) is 5.22. The monoisotopic (exact) mass is 157 g/mol. The number of carbonyl (C=O) groups is 2. The minimum atomic E-state index is -0.505. The number of hydroxylamine groups is 2. The highest BCUT2D eigenvalue weighted by atomic mass is 16.5. The van der Waals surface area contributed by atoms with Gasteiger partial charge >= 0.3 is 0 Å². The molecule has 1 fully saturated rings. The maximum atomic E-state index is 10.2. The molecule has 2 heterocycles. The van der Waals surface area contributed by atoms with Crippen molar-refractivity contribution in [2.45, 2.75) is 12.8 Å².